The number of nitrogens with one attached hydrogen (secondary N) is 1. The second-order valence-electron chi connectivity index (χ2n) is 9.06. The number of nitrogens with zero attached hydrogens (tertiary/aromatic N) is 1. The molecule has 1 fully saturated rings. The molecule has 1 amide bonds. The lowest BCUT2D eigenvalue weighted by molar-refractivity contribution is -0.272. The molecule has 2 aromatic rings. The van der Waals surface area contributed by atoms with Crippen molar-refractivity contribution in [3.8, 4) is 5.75 Å². The van der Waals surface area contributed by atoms with Crippen molar-refractivity contribution >= 4 is 11.6 Å². The molecule has 198 valence electrons. The van der Waals surface area contributed by atoms with E-state index in [-0.39, 0.29) is 11.3 Å². The topological polar surface area (TPSA) is 107 Å². The number of rotatable bonds is 6. The highest BCUT2D eigenvalue weighted by atomic mass is 19.4. The molecular weight excluding hydrogens is 496 g/mol. The maximum Gasteiger partial charge on any atom is 0.417 e. The van der Waals surface area contributed by atoms with Crippen LogP contribution in [0.25, 0.3) is 0 Å². The Morgan fingerprint density at radius 1 is 1.28 bits per heavy atom. The lowest BCUT2D eigenvalue weighted by Crippen LogP contribution is -2.47. The predicted molar refractivity (Wildman–Crippen MR) is 116 cm³/mol. The van der Waals surface area contributed by atoms with Gasteiger partial charge in [-0.25, -0.2) is 8.78 Å². The zero-order chi connectivity index (χ0) is 27.2. The number of hydrogen-bond acceptors (Lipinski definition) is 6. The second kappa shape index (κ2) is 9.52. The zero-order valence-corrected chi connectivity index (χ0v) is 19.7. The SMILES string of the molecule is COc1c([C@H]2[C@H](C(=O)Nc3cc([C@](C)(N)CO)ncc3F)O[C@@](C)(C(F)(F)F)[C@H]2C)ccc(F)c1F. The fourth-order valence-corrected chi connectivity index (χ4v) is 4.17. The number of amides is 1. The van der Waals surface area contributed by atoms with Gasteiger partial charge in [-0.15, -0.1) is 0 Å². The van der Waals surface area contributed by atoms with Crippen LogP contribution >= 0.6 is 0 Å². The van der Waals surface area contributed by atoms with Gasteiger partial charge in [-0.2, -0.15) is 17.6 Å². The maximum absolute atomic E-state index is 14.5. The van der Waals surface area contributed by atoms with Crippen LogP contribution in [-0.4, -0.2) is 47.6 Å². The van der Waals surface area contributed by atoms with Crippen molar-refractivity contribution in [3.63, 3.8) is 0 Å². The number of methoxy groups -OCH3 is 1. The Hall–Kier alpha value is -2.90. The standard InChI is InChI=1S/C23H25F6N3O4/c1-10-16(11-5-6-12(24)17(26)18(11)35-4)19(36-22(10,3)23(27,28)29)20(34)32-14-7-15(21(2,30)9-33)31-8-13(14)25/h5-8,10,16,19,33H,9,30H2,1-4H3,(H,31,32,34)/t10-,16-,19+,21+,22+/m0/s1. The number of carbonyl (C=O) groups excluding carboxylic acids is 1. The van der Waals surface area contributed by atoms with E-state index >= 15 is 0 Å². The number of pyridine rings is 1. The summed E-state index contributed by atoms with van der Waals surface area (Å²) in [5, 5.41) is 11.6. The van der Waals surface area contributed by atoms with Gasteiger partial charge in [0.15, 0.2) is 23.0 Å². The van der Waals surface area contributed by atoms with E-state index in [0.717, 1.165) is 39.3 Å². The molecule has 2 heterocycles. The van der Waals surface area contributed by atoms with Crippen molar-refractivity contribution in [1.29, 1.82) is 0 Å². The third-order valence-electron chi connectivity index (χ3n) is 6.60. The van der Waals surface area contributed by atoms with Gasteiger partial charge in [-0.3, -0.25) is 9.78 Å². The number of aliphatic hydroxyl groups is 1. The lowest BCUT2D eigenvalue weighted by Gasteiger charge is -2.32. The molecule has 1 aliphatic rings. The van der Waals surface area contributed by atoms with Crippen LogP contribution in [0.15, 0.2) is 24.4 Å². The van der Waals surface area contributed by atoms with Gasteiger partial charge < -0.3 is 25.6 Å². The first-order chi connectivity index (χ1) is 16.6. The highest BCUT2D eigenvalue weighted by molar-refractivity contribution is 5.95. The average molecular weight is 521 g/mol. The van der Waals surface area contributed by atoms with E-state index in [1.54, 1.807) is 0 Å². The van der Waals surface area contributed by atoms with Crippen molar-refractivity contribution < 1.29 is 45.7 Å². The zero-order valence-electron chi connectivity index (χ0n) is 19.7. The van der Waals surface area contributed by atoms with E-state index in [0.29, 0.717) is 6.07 Å². The first-order valence-electron chi connectivity index (χ1n) is 10.7. The quantitative estimate of drug-likeness (QED) is 0.500. The fraction of sp³-hybridized carbons (Fsp3) is 0.478. The molecule has 13 heteroatoms. The Balaban J connectivity index is 2.09. The van der Waals surface area contributed by atoms with Crippen molar-refractivity contribution in [2.24, 2.45) is 11.7 Å². The van der Waals surface area contributed by atoms with Crippen LogP contribution in [0, 0.1) is 23.4 Å². The molecule has 0 bridgehead atoms. The summed E-state index contributed by atoms with van der Waals surface area (Å²) in [6.45, 7) is 2.69. The molecule has 1 aromatic heterocycles. The van der Waals surface area contributed by atoms with E-state index in [1.807, 2.05) is 0 Å². The van der Waals surface area contributed by atoms with Crippen LogP contribution in [0.1, 0.15) is 37.9 Å². The molecule has 0 aliphatic carbocycles. The molecule has 1 aromatic carbocycles. The van der Waals surface area contributed by atoms with Crippen LogP contribution < -0.4 is 15.8 Å². The summed E-state index contributed by atoms with van der Waals surface area (Å²) in [5.74, 6) is -8.61. The number of anilines is 1. The molecule has 36 heavy (non-hydrogen) atoms. The Morgan fingerprint density at radius 3 is 2.47 bits per heavy atom. The number of benzene rings is 1. The van der Waals surface area contributed by atoms with Gasteiger partial charge in [0.25, 0.3) is 5.91 Å². The molecule has 3 rings (SSSR count). The Morgan fingerprint density at radius 2 is 1.92 bits per heavy atom. The highest BCUT2D eigenvalue weighted by Crippen LogP contribution is 2.55. The molecular formula is C23H25F6N3O4. The maximum atomic E-state index is 14.5. The van der Waals surface area contributed by atoms with Gasteiger partial charge in [0, 0.05) is 17.4 Å². The van der Waals surface area contributed by atoms with E-state index in [4.69, 9.17) is 15.2 Å². The summed E-state index contributed by atoms with van der Waals surface area (Å²) >= 11 is 0. The fourth-order valence-electron chi connectivity index (χ4n) is 4.17. The molecule has 1 aliphatic heterocycles. The normalized spacial score (nSPS) is 25.9. The summed E-state index contributed by atoms with van der Waals surface area (Å²) < 4.78 is 94.9. The monoisotopic (exact) mass is 521 g/mol. The molecule has 1 saturated heterocycles. The average Bonchev–Trinajstić information content (AvgIpc) is 3.08. The van der Waals surface area contributed by atoms with Crippen molar-refractivity contribution in [2.75, 3.05) is 19.0 Å². The van der Waals surface area contributed by atoms with Gasteiger partial charge in [0.05, 0.1) is 36.8 Å². The van der Waals surface area contributed by atoms with Gasteiger partial charge in [-0.05, 0) is 26.0 Å². The Bertz CT molecular complexity index is 1160. The minimum absolute atomic E-state index is 0.0126. The summed E-state index contributed by atoms with van der Waals surface area (Å²) in [6, 6.07) is 2.73. The number of carbonyl (C=O) groups is 1. The molecule has 0 unspecified atom stereocenters. The van der Waals surface area contributed by atoms with E-state index in [1.165, 1.54) is 6.92 Å². The van der Waals surface area contributed by atoms with Gasteiger partial charge >= 0.3 is 6.18 Å². The van der Waals surface area contributed by atoms with Crippen LogP contribution in [-0.2, 0) is 15.1 Å². The lowest BCUT2D eigenvalue weighted by atomic mass is 9.77. The number of halogens is 6. The number of alkyl halides is 3. The molecule has 0 radical (unpaired) electrons. The molecule has 7 nitrogen and oxygen atoms in total. The van der Waals surface area contributed by atoms with Gasteiger partial charge in [-0.1, -0.05) is 13.0 Å². The van der Waals surface area contributed by atoms with Gasteiger partial charge in [0.1, 0.15) is 6.10 Å². The summed E-state index contributed by atoms with van der Waals surface area (Å²) in [6.07, 6.45) is -6.15. The van der Waals surface area contributed by atoms with E-state index < -0.39 is 76.7 Å². The molecule has 5 atom stereocenters. The summed E-state index contributed by atoms with van der Waals surface area (Å²) in [5.41, 5.74) is 0.875. The molecule has 4 N–H and O–H groups in total. The predicted octanol–water partition coefficient (Wildman–Crippen LogP) is 3.75. The summed E-state index contributed by atoms with van der Waals surface area (Å²) in [4.78, 5) is 17.0. The Kier molecular flexibility index (Phi) is 7.32. The van der Waals surface area contributed by atoms with Crippen LogP contribution in [0.4, 0.5) is 32.0 Å². The Labute approximate surface area is 202 Å². The minimum atomic E-state index is -4.96. The first-order valence-corrected chi connectivity index (χ1v) is 10.7. The number of aliphatic hydroxyl groups excluding tert-OH is 1. The minimum Gasteiger partial charge on any atom is -0.493 e. The second-order valence-corrected chi connectivity index (χ2v) is 9.06. The van der Waals surface area contributed by atoms with Crippen LogP contribution in [0.3, 0.4) is 0 Å². The van der Waals surface area contributed by atoms with Crippen molar-refractivity contribution in [1.82, 2.24) is 4.98 Å². The highest BCUT2D eigenvalue weighted by Gasteiger charge is 2.66. The first kappa shape index (κ1) is 27.7. The number of nitrogens with two attached hydrogens (primary N) is 1. The van der Waals surface area contributed by atoms with E-state index in [9.17, 15) is 36.2 Å². The number of hydrogen-bond donors (Lipinski definition) is 3. The molecule has 0 saturated carbocycles. The third kappa shape index (κ3) is 4.62. The van der Waals surface area contributed by atoms with Crippen LogP contribution in [0.2, 0.25) is 0 Å². The van der Waals surface area contributed by atoms with E-state index in [2.05, 4.69) is 10.3 Å². The number of ether oxygens (including phenoxy) is 2. The molecule has 0 spiro atoms. The van der Waals surface area contributed by atoms with Crippen molar-refractivity contribution in [2.45, 2.75) is 50.1 Å². The largest absolute Gasteiger partial charge is 0.493 e. The van der Waals surface area contributed by atoms with Crippen LogP contribution in [0.5, 0.6) is 5.75 Å². The number of aromatic nitrogens is 1. The third-order valence-corrected chi connectivity index (χ3v) is 6.60. The van der Waals surface area contributed by atoms with Gasteiger partial charge in [0.2, 0.25) is 5.82 Å². The summed E-state index contributed by atoms with van der Waals surface area (Å²) in [7, 11) is 0.999. The van der Waals surface area contributed by atoms with Crippen molar-refractivity contribution in [3.05, 3.63) is 53.1 Å². The smallest absolute Gasteiger partial charge is 0.417 e.